The number of carbonyl (C=O) groups excluding carboxylic acids is 2. The summed E-state index contributed by atoms with van der Waals surface area (Å²) in [7, 11) is 0. The standard InChI is InChI=1S/C26H32N2O5/c1-16(2)22(13-24(30)31)27-23(29)14-26(3,4)28-25(32)33-15-21-19-11-7-5-9-17(19)18-10-6-8-12-20(18)21/h5-12,16,21-22H,13-15H2,1-4H3,(H,27,29)(H,28,32)(H,30,31)/t22-/m0/s1. The molecule has 0 heterocycles. The maximum Gasteiger partial charge on any atom is 0.407 e. The van der Waals surface area contributed by atoms with Crippen LogP contribution in [0, 0.1) is 5.92 Å². The Morgan fingerprint density at radius 1 is 1.00 bits per heavy atom. The van der Waals surface area contributed by atoms with Crippen LogP contribution in [0.15, 0.2) is 48.5 Å². The largest absolute Gasteiger partial charge is 0.481 e. The van der Waals surface area contributed by atoms with Gasteiger partial charge in [0.25, 0.3) is 0 Å². The average Bonchev–Trinajstić information content (AvgIpc) is 3.04. The van der Waals surface area contributed by atoms with E-state index in [-0.39, 0.29) is 37.2 Å². The maximum absolute atomic E-state index is 12.6. The highest BCUT2D eigenvalue weighted by molar-refractivity contribution is 5.80. The Hall–Kier alpha value is -3.35. The minimum Gasteiger partial charge on any atom is -0.481 e. The number of carboxylic acid groups (broad SMARTS) is 1. The minimum atomic E-state index is -0.968. The van der Waals surface area contributed by atoms with E-state index in [0.717, 1.165) is 22.3 Å². The molecule has 0 radical (unpaired) electrons. The van der Waals surface area contributed by atoms with Crippen LogP contribution in [-0.2, 0) is 14.3 Å². The van der Waals surface area contributed by atoms with Crippen LogP contribution in [0.4, 0.5) is 4.79 Å². The zero-order chi connectivity index (χ0) is 24.2. The molecule has 0 bridgehead atoms. The number of fused-ring (bicyclic) bond motifs is 3. The van der Waals surface area contributed by atoms with E-state index in [1.165, 1.54) is 0 Å². The van der Waals surface area contributed by atoms with Gasteiger partial charge in [0.2, 0.25) is 5.91 Å². The van der Waals surface area contributed by atoms with Gasteiger partial charge >= 0.3 is 12.1 Å². The Kier molecular flexibility index (Phi) is 7.41. The Bertz CT molecular complexity index is 985. The maximum atomic E-state index is 12.6. The molecule has 0 aliphatic heterocycles. The van der Waals surface area contributed by atoms with Crippen molar-refractivity contribution in [3.63, 3.8) is 0 Å². The van der Waals surface area contributed by atoms with Gasteiger partial charge in [-0.15, -0.1) is 0 Å². The first-order chi connectivity index (χ1) is 15.6. The lowest BCUT2D eigenvalue weighted by atomic mass is 9.97. The Morgan fingerprint density at radius 2 is 1.55 bits per heavy atom. The third-order valence-electron chi connectivity index (χ3n) is 5.93. The second-order valence-corrected chi connectivity index (χ2v) is 9.53. The molecule has 1 aliphatic carbocycles. The van der Waals surface area contributed by atoms with E-state index in [1.54, 1.807) is 13.8 Å². The fourth-order valence-corrected chi connectivity index (χ4v) is 4.26. The lowest BCUT2D eigenvalue weighted by molar-refractivity contribution is -0.138. The monoisotopic (exact) mass is 452 g/mol. The van der Waals surface area contributed by atoms with Crippen LogP contribution in [0.25, 0.3) is 11.1 Å². The van der Waals surface area contributed by atoms with Crippen molar-refractivity contribution in [3.05, 3.63) is 59.7 Å². The first-order valence-electron chi connectivity index (χ1n) is 11.2. The Balaban J connectivity index is 1.57. The molecule has 176 valence electrons. The zero-order valence-corrected chi connectivity index (χ0v) is 19.6. The summed E-state index contributed by atoms with van der Waals surface area (Å²) in [5.74, 6) is -1.36. The van der Waals surface area contributed by atoms with Gasteiger partial charge in [0.15, 0.2) is 0 Å². The average molecular weight is 453 g/mol. The van der Waals surface area contributed by atoms with Crippen LogP contribution in [0.2, 0.25) is 0 Å². The van der Waals surface area contributed by atoms with E-state index in [0.29, 0.717) is 0 Å². The van der Waals surface area contributed by atoms with Gasteiger partial charge in [-0.2, -0.15) is 0 Å². The van der Waals surface area contributed by atoms with Gasteiger partial charge < -0.3 is 20.5 Å². The van der Waals surface area contributed by atoms with Crippen molar-refractivity contribution >= 4 is 18.0 Å². The fraction of sp³-hybridized carbons (Fsp3) is 0.423. The number of aliphatic carboxylic acids is 1. The lowest BCUT2D eigenvalue weighted by Gasteiger charge is -2.28. The van der Waals surface area contributed by atoms with Crippen LogP contribution in [0.5, 0.6) is 0 Å². The molecular weight excluding hydrogens is 420 g/mol. The zero-order valence-electron chi connectivity index (χ0n) is 19.6. The summed E-state index contributed by atoms with van der Waals surface area (Å²) in [4.78, 5) is 36.1. The van der Waals surface area contributed by atoms with Gasteiger partial charge in [-0.1, -0.05) is 62.4 Å². The SMILES string of the molecule is CC(C)[C@H](CC(=O)O)NC(=O)CC(C)(C)NC(=O)OCC1c2ccccc2-c2ccccc21. The normalized spacial score (nSPS) is 13.7. The summed E-state index contributed by atoms with van der Waals surface area (Å²) in [5, 5.41) is 14.6. The van der Waals surface area contributed by atoms with E-state index in [9.17, 15) is 14.4 Å². The van der Waals surface area contributed by atoms with Crippen LogP contribution in [0.1, 0.15) is 57.6 Å². The van der Waals surface area contributed by atoms with Crippen LogP contribution < -0.4 is 10.6 Å². The van der Waals surface area contributed by atoms with Crippen molar-refractivity contribution in [2.24, 2.45) is 5.92 Å². The molecule has 2 aromatic rings. The lowest BCUT2D eigenvalue weighted by Crippen LogP contribution is -2.49. The molecule has 2 amide bonds. The Labute approximate surface area is 194 Å². The van der Waals surface area contributed by atoms with Crippen molar-refractivity contribution in [1.29, 1.82) is 0 Å². The summed E-state index contributed by atoms with van der Waals surface area (Å²) in [6.45, 7) is 7.36. The van der Waals surface area contributed by atoms with E-state index in [2.05, 4.69) is 34.9 Å². The van der Waals surface area contributed by atoms with E-state index in [1.807, 2.05) is 38.1 Å². The first kappa shape index (κ1) is 24.3. The molecule has 3 rings (SSSR count). The molecule has 33 heavy (non-hydrogen) atoms. The summed E-state index contributed by atoms with van der Waals surface area (Å²) >= 11 is 0. The summed E-state index contributed by atoms with van der Waals surface area (Å²) in [6.07, 6.45) is -0.746. The summed E-state index contributed by atoms with van der Waals surface area (Å²) in [6, 6.07) is 15.7. The second-order valence-electron chi connectivity index (χ2n) is 9.53. The van der Waals surface area contributed by atoms with Crippen molar-refractivity contribution < 1.29 is 24.2 Å². The number of carboxylic acids is 1. The van der Waals surface area contributed by atoms with Crippen molar-refractivity contribution in [3.8, 4) is 11.1 Å². The molecule has 1 atom stereocenters. The quantitative estimate of drug-likeness (QED) is 0.526. The molecule has 0 saturated carbocycles. The van der Waals surface area contributed by atoms with Gasteiger partial charge in [-0.3, -0.25) is 9.59 Å². The highest BCUT2D eigenvalue weighted by Gasteiger charge is 2.31. The number of ether oxygens (including phenoxy) is 1. The van der Waals surface area contributed by atoms with E-state index < -0.39 is 23.6 Å². The molecule has 1 aliphatic rings. The molecule has 0 spiro atoms. The molecule has 0 fully saturated rings. The molecule has 7 nitrogen and oxygen atoms in total. The van der Waals surface area contributed by atoms with E-state index in [4.69, 9.17) is 9.84 Å². The third-order valence-corrected chi connectivity index (χ3v) is 5.93. The van der Waals surface area contributed by atoms with Gasteiger partial charge in [0.05, 0.1) is 6.42 Å². The number of benzene rings is 2. The van der Waals surface area contributed by atoms with Crippen LogP contribution >= 0.6 is 0 Å². The molecule has 0 unspecified atom stereocenters. The number of nitrogens with one attached hydrogen (secondary N) is 2. The number of amides is 2. The molecular formula is C26H32N2O5. The number of hydrogen-bond donors (Lipinski definition) is 3. The highest BCUT2D eigenvalue weighted by Crippen LogP contribution is 2.44. The van der Waals surface area contributed by atoms with Crippen LogP contribution in [0.3, 0.4) is 0 Å². The number of hydrogen-bond acceptors (Lipinski definition) is 4. The molecule has 0 saturated heterocycles. The van der Waals surface area contributed by atoms with Crippen molar-refractivity contribution in [1.82, 2.24) is 10.6 Å². The molecule has 0 aromatic heterocycles. The molecule has 3 N–H and O–H groups in total. The second kappa shape index (κ2) is 10.1. The van der Waals surface area contributed by atoms with Gasteiger partial charge in [-0.25, -0.2) is 4.79 Å². The number of alkyl carbamates (subject to hydrolysis) is 1. The van der Waals surface area contributed by atoms with Crippen molar-refractivity contribution in [2.75, 3.05) is 6.61 Å². The highest BCUT2D eigenvalue weighted by atomic mass is 16.5. The molecule has 7 heteroatoms. The predicted molar refractivity (Wildman–Crippen MR) is 126 cm³/mol. The van der Waals surface area contributed by atoms with Gasteiger partial charge in [0.1, 0.15) is 6.61 Å². The van der Waals surface area contributed by atoms with Crippen LogP contribution in [-0.4, -0.2) is 41.3 Å². The number of rotatable bonds is 9. The fourth-order valence-electron chi connectivity index (χ4n) is 4.26. The minimum absolute atomic E-state index is 0.0000342. The topological polar surface area (TPSA) is 105 Å². The summed E-state index contributed by atoms with van der Waals surface area (Å²) in [5.41, 5.74) is 3.70. The smallest absolute Gasteiger partial charge is 0.407 e. The van der Waals surface area contributed by atoms with Gasteiger partial charge in [0, 0.05) is 23.9 Å². The first-order valence-corrected chi connectivity index (χ1v) is 11.2. The third kappa shape index (κ3) is 6.12. The van der Waals surface area contributed by atoms with E-state index >= 15 is 0 Å². The Morgan fingerprint density at radius 3 is 2.06 bits per heavy atom. The van der Waals surface area contributed by atoms with Crippen molar-refractivity contribution in [2.45, 2.75) is 58.0 Å². The summed E-state index contributed by atoms with van der Waals surface area (Å²) < 4.78 is 5.57. The molecule has 2 aromatic carbocycles. The number of carbonyl (C=O) groups is 3. The predicted octanol–water partition coefficient (Wildman–Crippen LogP) is 4.31. The van der Waals surface area contributed by atoms with Gasteiger partial charge in [-0.05, 0) is 42.0 Å².